The Morgan fingerprint density at radius 3 is 1.95 bits per heavy atom. The van der Waals surface area contributed by atoms with Crippen LogP contribution in [0.15, 0.2) is 127 Å². The molecule has 2 N–H and O–H groups in total. The second-order valence-electron chi connectivity index (χ2n) is 9.61. The Kier molecular flexibility index (Phi) is 4.23. The number of nitrogens with one attached hydrogen (secondary N) is 2. The number of rotatable bonds is 2. The molecule has 0 radical (unpaired) electrons. The molecule has 0 atom stereocenters. The lowest BCUT2D eigenvalue weighted by Gasteiger charge is -2.24. The fourth-order valence-corrected chi connectivity index (χ4v) is 5.89. The summed E-state index contributed by atoms with van der Waals surface area (Å²) in [6.07, 6.45) is 0. The number of nitrogens with zero attached hydrogens (tertiary/aromatic N) is 1. The van der Waals surface area contributed by atoms with Crippen LogP contribution in [0.3, 0.4) is 0 Å². The molecule has 0 amide bonds. The average Bonchev–Trinajstić information content (AvgIpc) is 3.28. The van der Waals surface area contributed by atoms with Crippen LogP contribution in [-0.4, -0.2) is 4.57 Å². The van der Waals surface area contributed by atoms with E-state index in [9.17, 15) is 0 Å². The fourth-order valence-electron chi connectivity index (χ4n) is 5.89. The van der Waals surface area contributed by atoms with Crippen LogP contribution >= 0.6 is 0 Å². The lowest BCUT2D eigenvalue weighted by molar-refractivity contribution is 0.758. The zero-order valence-corrected chi connectivity index (χ0v) is 20.1. The summed E-state index contributed by atoms with van der Waals surface area (Å²) in [5, 5.41) is 9.80. The number of fused-ring (bicyclic) bond motifs is 6. The van der Waals surface area contributed by atoms with E-state index in [1.807, 2.05) is 0 Å². The molecule has 3 nitrogen and oxygen atoms in total. The smallest absolute Gasteiger partial charge is 0.137 e. The van der Waals surface area contributed by atoms with Crippen LogP contribution < -0.4 is 21.3 Å². The Morgan fingerprint density at radius 1 is 0.432 bits per heavy atom. The van der Waals surface area contributed by atoms with E-state index in [2.05, 4.69) is 143 Å². The topological polar surface area (TPSA) is 29.0 Å². The fraction of sp³-hybridized carbons (Fsp3) is 0. The van der Waals surface area contributed by atoms with E-state index in [-0.39, 0.29) is 0 Å². The van der Waals surface area contributed by atoms with Gasteiger partial charge in [-0.3, -0.25) is 15.4 Å². The van der Waals surface area contributed by atoms with Gasteiger partial charge in [0.05, 0.1) is 16.7 Å². The SMILES string of the molecule is c1ccc2c(c1)=C(c1cccc3ccccc13)NNC=2n1c2ccccc2c2cc3ccccc3cc21. The molecule has 0 saturated carbocycles. The van der Waals surface area contributed by atoms with Crippen LogP contribution in [0.25, 0.3) is 54.9 Å². The molecule has 1 aromatic heterocycles. The highest BCUT2D eigenvalue weighted by molar-refractivity contribution is 6.14. The molecule has 3 heteroatoms. The molecule has 6 aromatic carbocycles. The minimum absolute atomic E-state index is 1.03. The van der Waals surface area contributed by atoms with Gasteiger partial charge in [0.25, 0.3) is 0 Å². The molecular formula is C34H23N3. The number of hydrogen-bond acceptors (Lipinski definition) is 2. The van der Waals surface area contributed by atoms with Crippen LogP contribution in [-0.2, 0) is 0 Å². The third kappa shape index (κ3) is 2.95. The van der Waals surface area contributed by atoms with Gasteiger partial charge in [-0.15, -0.1) is 0 Å². The van der Waals surface area contributed by atoms with Crippen molar-refractivity contribution in [2.45, 2.75) is 0 Å². The molecular weight excluding hydrogens is 450 g/mol. The van der Waals surface area contributed by atoms with Crippen molar-refractivity contribution in [1.82, 2.24) is 15.4 Å². The van der Waals surface area contributed by atoms with Crippen molar-refractivity contribution >= 4 is 54.9 Å². The maximum atomic E-state index is 3.62. The zero-order chi connectivity index (χ0) is 24.3. The predicted molar refractivity (Wildman–Crippen MR) is 154 cm³/mol. The van der Waals surface area contributed by atoms with Gasteiger partial charge in [-0.2, -0.15) is 0 Å². The first-order valence-corrected chi connectivity index (χ1v) is 12.6. The summed E-state index contributed by atoms with van der Waals surface area (Å²) >= 11 is 0. The summed E-state index contributed by atoms with van der Waals surface area (Å²) in [6.45, 7) is 0. The van der Waals surface area contributed by atoms with Crippen molar-refractivity contribution in [1.29, 1.82) is 0 Å². The quantitative estimate of drug-likeness (QED) is 0.324. The minimum atomic E-state index is 1.03. The highest BCUT2D eigenvalue weighted by atomic mass is 15.4. The van der Waals surface area contributed by atoms with Gasteiger partial charge in [0.15, 0.2) is 0 Å². The van der Waals surface area contributed by atoms with Gasteiger partial charge in [0.2, 0.25) is 0 Å². The molecule has 7 aromatic rings. The van der Waals surface area contributed by atoms with Crippen molar-refractivity contribution < 1.29 is 0 Å². The Hall–Kier alpha value is -5.02. The van der Waals surface area contributed by atoms with Gasteiger partial charge in [0.1, 0.15) is 5.82 Å². The normalized spacial score (nSPS) is 13.2. The number of para-hydroxylation sites is 1. The summed E-state index contributed by atoms with van der Waals surface area (Å²) in [7, 11) is 0. The van der Waals surface area contributed by atoms with E-state index in [4.69, 9.17) is 0 Å². The molecule has 0 spiro atoms. The predicted octanol–water partition coefficient (Wildman–Crippen LogP) is 5.98. The van der Waals surface area contributed by atoms with Crippen LogP contribution in [0.2, 0.25) is 0 Å². The monoisotopic (exact) mass is 473 g/mol. The molecule has 0 fully saturated rings. The average molecular weight is 474 g/mol. The maximum Gasteiger partial charge on any atom is 0.137 e. The van der Waals surface area contributed by atoms with Crippen molar-refractivity contribution in [3.63, 3.8) is 0 Å². The molecule has 8 rings (SSSR count). The Balaban J connectivity index is 1.52. The van der Waals surface area contributed by atoms with Crippen molar-refractivity contribution in [2.75, 3.05) is 0 Å². The summed E-state index contributed by atoms with van der Waals surface area (Å²) in [5.74, 6) is 1.03. The molecule has 2 heterocycles. The number of hydrazine groups is 1. The van der Waals surface area contributed by atoms with E-state index in [0.29, 0.717) is 0 Å². The van der Waals surface area contributed by atoms with Crippen molar-refractivity contribution in [3.8, 4) is 0 Å². The van der Waals surface area contributed by atoms with Crippen molar-refractivity contribution in [2.24, 2.45) is 0 Å². The lowest BCUT2D eigenvalue weighted by Crippen LogP contribution is -2.48. The van der Waals surface area contributed by atoms with Gasteiger partial charge in [-0.05, 0) is 39.7 Å². The first-order valence-electron chi connectivity index (χ1n) is 12.6. The van der Waals surface area contributed by atoms with Crippen LogP contribution in [0.4, 0.5) is 0 Å². The molecule has 0 bridgehead atoms. The first kappa shape index (κ1) is 20.2. The van der Waals surface area contributed by atoms with Gasteiger partial charge < -0.3 is 0 Å². The van der Waals surface area contributed by atoms with Crippen molar-refractivity contribution in [3.05, 3.63) is 143 Å². The van der Waals surface area contributed by atoms with Gasteiger partial charge >= 0.3 is 0 Å². The third-order valence-electron chi connectivity index (χ3n) is 7.58. The first-order chi connectivity index (χ1) is 18.4. The van der Waals surface area contributed by atoms with E-state index in [1.165, 1.54) is 59.4 Å². The summed E-state index contributed by atoms with van der Waals surface area (Å²) < 4.78 is 2.36. The zero-order valence-electron chi connectivity index (χ0n) is 20.1. The van der Waals surface area contributed by atoms with Crippen LogP contribution in [0.5, 0.6) is 0 Å². The van der Waals surface area contributed by atoms with Crippen LogP contribution in [0.1, 0.15) is 5.56 Å². The molecule has 0 aliphatic carbocycles. The van der Waals surface area contributed by atoms with Gasteiger partial charge in [-0.1, -0.05) is 109 Å². The van der Waals surface area contributed by atoms with Gasteiger partial charge in [-0.25, -0.2) is 0 Å². The van der Waals surface area contributed by atoms with E-state index in [0.717, 1.165) is 11.5 Å². The number of benzene rings is 6. The summed E-state index contributed by atoms with van der Waals surface area (Å²) in [6, 6.07) is 45.6. The van der Waals surface area contributed by atoms with Crippen LogP contribution in [0, 0.1) is 0 Å². The summed E-state index contributed by atoms with van der Waals surface area (Å²) in [5.41, 5.74) is 11.9. The lowest BCUT2D eigenvalue weighted by atomic mass is 10.00. The van der Waals surface area contributed by atoms with Gasteiger partial charge in [0, 0.05) is 26.8 Å². The van der Waals surface area contributed by atoms with E-state index < -0.39 is 0 Å². The van der Waals surface area contributed by atoms with E-state index in [1.54, 1.807) is 0 Å². The Labute approximate surface area is 213 Å². The molecule has 1 aliphatic rings. The highest BCUT2D eigenvalue weighted by Gasteiger charge is 2.19. The molecule has 174 valence electrons. The third-order valence-corrected chi connectivity index (χ3v) is 7.58. The second-order valence-corrected chi connectivity index (χ2v) is 9.61. The molecule has 1 aliphatic heterocycles. The molecule has 37 heavy (non-hydrogen) atoms. The minimum Gasteiger partial charge on any atom is -0.298 e. The Bertz CT molecular complexity index is 2150. The number of aromatic nitrogens is 1. The largest absolute Gasteiger partial charge is 0.298 e. The highest BCUT2D eigenvalue weighted by Crippen LogP contribution is 2.34. The maximum absolute atomic E-state index is 3.62. The standard InChI is InChI=1S/C34H23N3/c1-2-12-24-21-32-30(20-23(24)11-1)26-15-7-8-19-31(26)37(32)34-29-17-6-5-16-28(29)33(35-36-34)27-18-9-13-22-10-3-4-14-25(22)27/h1-21,35-36H. The Morgan fingerprint density at radius 2 is 1.08 bits per heavy atom. The summed E-state index contributed by atoms with van der Waals surface area (Å²) in [4.78, 5) is 0. The molecule has 0 unspecified atom stereocenters. The second kappa shape index (κ2) is 7.74. The molecule has 0 saturated heterocycles. The number of hydrogen-bond donors (Lipinski definition) is 2. The van der Waals surface area contributed by atoms with E-state index >= 15 is 0 Å².